The van der Waals surface area contributed by atoms with Crippen LogP contribution in [0.1, 0.15) is 31.2 Å². The van der Waals surface area contributed by atoms with Gasteiger partial charge in [-0.2, -0.15) is 5.26 Å². The molecule has 1 heterocycles. The second-order valence-electron chi connectivity index (χ2n) is 4.29. The van der Waals surface area contributed by atoms with Crippen LogP contribution in [0.3, 0.4) is 0 Å². The summed E-state index contributed by atoms with van der Waals surface area (Å²) in [6.07, 6.45) is 2.03. The molecule has 0 fully saturated rings. The van der Waals surface area contributed by atoms with Crippen LogP contribution < -0.4 is 4.74 Å². The second kappa shape index (κ2) is 6.92. The molecule has 2 aromatic rings. The van der Waals surface area contributed by atoms with Crippen LogP contribution in [-0.4, -0.2) is 15.0 Å². The minimum atomic E-state index is 0.226. The molecule has 1 aromatic heterocycles. The molecule has 0 saturated carbocycles. The first-order chi connectivity index (χ1) is 9.76. The summed E-state index contributed by atoms with van der Waals surface area (Å²) in [6, 6.07) is 9.26. The smallest absolute Gasteiger partial charge is 0.189 e. The van der Waals surface area contributed by atoms with E-state index in [4.69, 9.17) is 21.6 Å². The number of ether oxygens (including phenoxy) is 1. The standard InChI is InChI=1S/C14H15ClN4O/c1-2-3-8-19-13(12(9-16)17-18-19)10-20-14-7-5-4-6-11(14)15/h4-7H,2-3,8,10H2,1H3. The number of nitriles is 1. The maximum atomic E-state index is 9.06. The molecule has 0 aliphatic carbocycles. The van der Waals surface area contributed by atoms with E-state index in [1.54, 1.807) is 16.8 Å². The first kappa shape index (κ1) is 14.4. The van der Waals surface area contributed by atoms with Crippen molar-refractivity contribution in [2.24, 2.45) is 0 Å². The van der Waals surface area contributed by atoms with Gasteiger partial charge < -0.3 is 4.74 Å². The van der Waals surface area contributed by atoms with E-state index in [0.717, 1.165) is 19.4 Å². The van der Waals surface area contributed by atoms with Crippen molar-refractivity contribution in [3.05, 3.63) is 40.7 Å². The minimum absolute atomic E-state index is 0.226. The van der Waals surface area contributed by atoms with Gasteiger partial charge in [0, 0.05) is 6.54 Å². The van der Waals surface area contributed by atoms with E-state index < -0.39 is 0 Å². The molecule has 0 unspecified atom stereocenters. The third-order valence-electron chi connectivity index (χ3n) is 2.87. The average molecular weight is 291 g/mol. The normalized spacial score (nSPS) is 10.2. The van der Waals surface area contributed by atoms with Crippen molar-refractivity contribution >= 4 is 11.6 Å². The lowest BCUT2D eigenvalue weighted by Gasteiger charge is -2.09. The first-order valence-electron chi connectivity index (χ1n) is 6.46. The van der Waals surface area contributed by atoms with E-state index in [2.05, 4.69) is 17.2 Å². The van der Waals surface area contributed by atoms with Gasteiger partial charge in [0.1, 0.15) is 24.1 Å². The minimum Gasteiger partial charge on any atom is -0.486 e. The average Bonchev–Trinajstić information content (AvgIpc) is 2.86. The van der Waals surface area contributed by atoms with Crippen molar-refractivity contribution in [1.29, 1.82) is 5.26 Å². The van der Waals surface area contributed by atoms with Gasteiger partial charge in [-0.05, 0) is 18.6 Å². The molecule has 20 heavy (non-hydrogen) atoms. The van der Waals surface area contributed by atoms with Gasteiger partial charge in [-0.25, -0.2) is 4.68 Å². The number of rotatable bonds is 6. The Kier molecular flexibility index (Phi) is 4.97. The van der Waals surface area contributed by atoms with Gasteiger partial charge in [0.25, 0.3) is 0 Å². The lowest BCUT2D eigenvalue weighted by Crippen LogP contribution is -2.09. The molecule has 104 valence electrons. The van der Waals surface area contributed by atoms with Crippen LogP contribution in [0.2, 0.25) is 5.02 Å². The van der Waals surface area contributed by atoms with E-state index in [0.29, 0.717) is 22.2 Å². The predicted octanol–water partition coefficient (Wildman–Crippen LogP) is 3.18. The Morgan fingerprint density at radius 1 is 1.40 bits per heavy atom. The number of benzene rings is 1. The topological polar surface area (TPSA) is 63.7 Å². The Bertz CT molecular complexity index is 618. The predicted molar refractivity (Wildman–Crippen MR) is 75.4 cm³/mol. The SMILES string of the molecule is CCCCn1nnc(C#N)c1COc1ccccc1Cl. The number of hydrogen-bond donors (Lipinski definition) is 0. The Hall–Kier alpha value is -2.06. The summed E-state index contributed by atoms with van der Waals surface area (Å²) >= 11 is 6.03. The summed E-state index contributed by atoms with van der Waals surface area (Å²) in [4.78, 5) is 0. The quantitative estimate of drug-likeness (QED) is 0.819. The van der Waals surface area contributed by atoms with Gasteiger partial charge >= 0.3 is 0 Å². The fraction of sp³-hybridized carbons (Fsp3) is 0.357. The van der Waals surface area contributed by atoms with Crippen LogP contribution in [0.15, 0.2) is 24.3 Å². The number of unbranched alkanes of at least 4 members (excludes halogenated alkanes) is 1. The molecule has 2 rings (SSSR count). The van der Waals surface area contributed by atoms with Gasteiger partial charge in [0.2, 0.25) is 0 Å². The molecular formula is C14H15ClN4O. The Morgan fingerprint density at radius 2 is 2.20 bits per heavy atom. The second-order valence-corrected chi connectivity index (χ2v) is 4.70. The van der Waals surface area contributed by atoms with E-state index in [-0.39, 0.29) is 6.61 Å². The third-order valence-corrected chi connectivity index (χ3v) is 3.18. The highest BCUT2D eigenvalue weighted by Gasteiger charge is 2.13. The zero-order chi connectivity index (χ0) is 14.4. The Morgan fingerprint density at radius 3 is 2.90 bits per heavy atom. The summed E-state index contributed by atoms with van der Waals surface area (Å²) in [6.45, 7) is 3.05. The summed E-state index contributed by atoms with van der Waals surface area (Å²) < 4.78 is 7.38. The zero-order valence-corrected chi connectivity index (χ0v) is 12.0. The number of para-hydroxylation sites is 1. The van der Waals surface area contributed by atoms with E-state index in [1.165, 1.54) is 0 Å². The molecule has 5 nitrogen and oxygen atoms in total. The highest BCUT2D eigenvalue weighted by atomic mass is 35.5. The first-order valence-corrected chi connectivity index (χ1v) is 6.83. The van der Waals surface area contributed by atoms with Crippen molar-refractivity contribution in [3.63, 3.8) is 0 Å². The number of hydrogen-bond acceptors (Lipinski definition) is 4. The van der Waals surface area contributed by atoms with Gasteiger partial charge in [-0.15, -0.1) is 5.10 Å². The van der Waals surface area contributed by atoms with Crippen LogP contribution in [0.4, 0.5) is 0 Å². The Balaban J connectivity index is 2.14. The van der Waals surface area contributed by atoms with Crippen LogP contribution in [0.25, 0.3) is 0 Å². The monoisotopic (exact) mass is 290 g/mol. The maximum absolute atomic E-state index is 9.06. The molecule has 0 amide bonds. The lowest BCUT2D eigenvalue weighted by molar-refractivity contribution is 0.290. The highest BCUT2D eigenvalue weighted by Crippen LogP contribution is 2.24. The third kappa shape index (κ3) is 3.28. The van der Waals surface area contributed by atoms with Crippen LogP contribution in [0, 0.1) is 11.3 Å². The molecule has 1 aromatic carbocycles. The molecular weight excluding hydrogens is 276 g/mol. The molecule has 0 N–H and O–H groups in total. The summed E-state index contributed by atoms with van der Waals surface area (Å²) in [5.74, 6) is 0.585. The van der Waals surface area contributed by atoms with Gasteiger partial charge in [0.15, 0.2) is 5.69 Å². The molecule has 0 spiro atoms. The lowest BCUT2D eigenvalue weighted by atomic mass is 10.3. The fourth-order valence-electron chi connectivity index (χ4n) is 1.76. The zero-order valence-electron chi connectivity index (χ0n) is 11.2. The molecule has 0 atom stereocenters. The van der Waals surface area contributed by atoms with E-state index >= 15 is 0 Å². The number of halogens is 1. The summed E-state index contributed by atoms with van der Waals surface area (Å²) in [5.41, 5.74) is 0.981. The summed E-state index contributed by atoms with van der Waals surface area (Å²) in [5, 5.41) is 17.5. The fourth-order valence-corrected chi connectivity index (χ4v) is 1.95. The molecule has 0 saturated heterocycles. The molecule has 0 bridgehead atoms. The molecule has 0 aliphatic heterocycles. The number of aryl methyl sites for hydroxylation is 1. The van der Waals surface area contributed by atoms with Crippen molar-refractivity contribution in [2.75, 3.05) is 0 Å². The van der Waals surface area contributed by atoms with Crippen molar-refractivity contribution < 1.29 is 4.74 Å². The van der Waals surface area contributed by atoms with E-state index in [1.807, 2.05) is 18.2 Å². The van der Waals surface area contributed by atoms with Crippen LogP contribution in [-0.2, 0) is 13.2 Å². The van der Waals surface area contributed by atoms with Gasteiger partial charge in [-0.3, -0.25) is 0 Å². The number of aromatic nitrogens is 3. The maximum Gasteiger partial charge on any atom is 0.189 e. The van der Waals surface area contributed by atoms with Crippen LogP contribution in [0.5, 0.6) is 5.75 Å². The van der Waals surface area contributed by atoms with Crippen molar-refractivity contribution in [3.8, 4) is 11.8 Å². The molecule has 0 radical (unpaired) electrons. The van der Waals surface area contributed by atoms with Crippen LogP contribution >= 0.6 is 11.6 Å². The molecule has 0 aliphatic rings. The van der Waals surface area contributed by atoms with Gasteiger partial charge in [0.05, 0.1) is 5.02 Å². The largest absolute Gasteiger partial charge is 0.486 e. The molecule has 6 heteroatoms. The number of nitrogens with zero attached hydrogens (tertiary/aromatic N) is 4. The highest BCUT2D eigenvalue weighted by molar-refractivity contribution is 6.32. The van der Waals surface area contributed by atoms with Crippen molar-refractivity contribution in [1.82, 2.24) is 15.0 Å². The van der Waals surface area contributed by atoms with E-state index in [9.17, 15) is 0 Å². The summed E-state index contributed by atoms with van der Waals surface area (Å²) in [7, 11) is 0. The Labute approximate surface area is 122 Å². The van der Waals surface area contributed by atoms with Crippen molar-refractivity contribution in [2.45, 2.75) is 32.9 Å². The van der Waals surface area contributed by atoms with Gasteiger partial charge in [-0.1, -0.05) is 42.3 Å².